The quantitative estimate of drug-likeness (QED) is 0.669. The van der Waals surface area contributed by atoms with Crippen LogP contribution in [0.1, 0.15) is 39.5 Å². The summed E-state index contributed by atoms with van der Waals surface area (Å²) in [5, 5.41) is 0. The first-order valence-electron chi connectivity index (χ1n) is 6.65. The zero-order valence-corrected chi connectivity index (χ0v) is 11.8. The second-order valence-corrected chi connectivity index (χ2v) is 6.14. The van der Waals surface area contributed by atoms with Crippen LogP contribution >= 0.6 is 0 Å². The average molecular weight is 241 g/mol. The molecule has 0 radical (unpaired) electrons. The molecule has 0 aromatic heterocycles. The van der Waals surface area contributed by atoms with Crippen molar-refractivity contribution in [2.75, 3.05) is 33.9 Å². The number of rotatable bonds is 6. The van der Waals surface area contributed by atoms with Crippen molar-refractivity contribution in [3.8, 4) is 0 Å². The molecule has 0 aliphatic heterocycles. The fraction of sp³-hybridized carbons (Fsp3) is 0.929. The highest BCUT2D eigenvalue weighted by molar-refractivity contribution is 5.82. The van der Waals surface area contributed by atoms with Crippen LogP contribution in [-0.4, -0.2) is 44.5 Å². The second-order valence-electron chi connectivity index (χ2n) is 6.14. The SMILES string of the molecule is COCCCN(C)CC1CC(C)(C)CCC1=O. The molecule has 1 aliphatic rings. The number of ketones is 1. The first-order valence-corrected chi connectivity index (χ1v) is 6.65. The molecule has 1 rings (SSSR count). The van der Waals surface area contributed by atoms with E-state index in [0.29, 0.717) is 11.2 Å². The minimum atomic E-state index is 0.242. The van der Waals surface area contributed by atoms with E-state index in [-0.39, 0.29) is 5.92 Å². The van der Waals surface area contributed by atoms with E-state index in [1.807, 2.05) is 0 Å². The van der Waals surface area contributed by atoms with Crippen LogP contribution < -0.4 is 0 Å². The van der Waals surface area contributed by atoms with E-state index in [9.17, 15) is 4.79 Å². The van der Waals surface area contributed by atoms with Gasteiger partial charge in [-0.2, -0.15) is 0 Å². The number of carbonyl (C=O) groups excluding carboxylic acids is 1. The maximum atomic E-state index is 11.9. The minimum absolute atomic E-state index is 0.242. The van der Waals surface area contributed by atoms with E-state index < -0.39 is 0 Å². The van der Waals surface area contributed by atoms with E-state index in [4.69, 9.17) is 4.74 Å². The Hall–Kier alpha value is -0.410. The normalized spacial score (nSPS) is 24.3. The number of hydrogen-bond acceptors (Lipinski definition) is 3. The van der Waals surface area contributed by atoms with Gasteiger partial charge >= 0.3 is 0 Å². The maximum Gasteiger partial charge on any atom is 0.137 e. The Morgan fingerprint density at radius 2 is 2.18 bits per heavy atom. The Morgan fingerprint density at radius 3 is 2.82 bits per heavy atom. The third-order valence-electron chi connectivity index (χ3n) is 3.72. The smallest absolute Gasteiger partial charge is 0.137 e. The summed E-state index contributed by atoms with van der Waals surface area (Å²) in [6.45, 7) is 7.27. The van der Waals surface area contributed by atoms with Crippen molar-refractivity contribution in [1.29, 1.82) is 0 Å². The highest BCUT2D eigenvalue weighted by Gasteiger charge is 2.33. The fourth-order valence-electron chi connectivity index (χ4n) is 2.66. The molecular formula is C14H27NO2. The molecule has 1 unspecified atom stereocenters. The van der Waals surface area contributed by atoms with Crippen LogP contribution in [-0.2, 0) is 9.53 Å². The van der Waals surface area contributed by atoms with Crippen molar-refractivity contribution in [3.05, 3.63) is 0 Å². The lowest BCUT2D eigenvalue weighted by Crippen LogP contribution is -2.37. The number of ether oxygens (including phenoxy) is 1. The van der Waals surface area contributed by atoms with Crippen molar-refractivity contribution in [1.82, 2.24) is 4.90 Å². The molecule has 1 atom stereocenters. The third kappa shape index (κ3) is 5.17. The van der Waals surface area contributed by atoms with Crippen molar-refractivity contribution in [2.24, 2.45) is 11.3 Å². The van der Waals surface area contributed by atoms with Gasteiger partial charge in [0.1, 0.15) is 5.78 Å². The van der Waals surface area contributed by atoms with Gasteiger partial charge in [-0.1, -0.05) is 13.8 Å². The number of Topliss-reactive ketones (excluding diaryl/α,β-unsaturated/α-hetero) is 1. The summed E-state index contributed by atoms with van der Waals surface area (Å²) < 4.78 is 5.04. The lowest BCUT2D eigenvalue weighted by atomic mass is 9.71. The standard InChI is InChI=1S/C14H27NO2/c1-14(2)7-6-13(16)12(10-14)11-15(3)8-5-9-17-4/h12H,5-11H2,1-4H3. The number of carbonyl (C=O) groups is 1. The van der Waals surface area contributed by atoms with E-state index >= 15 is 0 Å². The highest BCUT2D eigenvalue weighted by Crippen LogP contribution is 2.36. The van der Waals surface area contributed by atoms with Crippen molar-refractivity contribution in [2.45, 2.75) is 39.5 Å². The van der Waals surface area contributed by atoms with Crippen LogP contribution in [0.2, 0.25) is 0 Å². The van der Waals surface area contributed by atoms with Gasteiger partial charge in [0, 0.05) is 39.1 Å². The Morgan fingerprint density at radius 1 is 1.47 bits per heavy atom. The van der Waals surface area contributed by atoms with Gasteiger partial charge in [0.25, 0.3) is 0 Å². The van der Waals surface area contributed by atoms with Crippen molar-refractivity contribution in [3.63, 3.8) is 0 Å². The first-order chi connectivity index (χ1) is 7.94. The Labute approximate surface area is 106 Å². The van der Waals surface area contributed by atoms with Gasteiger partial charge in [-0.15, -0.1) is 0 Å². The van der Waals surface area contributed by atoms with Gasteiger partial charge in [-0.05, 0) is 31.7 Å². The molecule has 0 aromatic carbocycles. The summed E-state index contributed by atoms with van der Waals surface area (Å²) in [5.74, 6) is 0.703. The number of hydrogen-bond donors (Lipinski definition) is 0. The van der Waals surface area contributed by atoms with E-state index in [1.165, 1.54) is 0 Å². The second kappa shape index (κ2) is 6.50. The van der Waals surface area contributed by atoms with E-state index in [0.717, 1.165) is 45.4 Å². The predicted molar refractivity (Wildman–Crippen MR) is 70.1 cm³/mol. The molecule has 0 amide bonds. The van der Waals surface area contributed by atoms with Gasteiger partial charge in [0.15, 0.2) is 0 Å². The lowest BCUT2D eigenvalue weighted by Gasteiger charge is -2.36. The average Bonchev–Trinajstić information content (AvgIpc) is 2.24. The van der Waals surface area contributed by atoms with Gasteiger partial charge in [-0.25, -0.2) is 0 Å². The van der Waals surface area contributed by atoms with Crippen LogP contribution in [0.15, 0.2) is 0 Å². The summed E-state index contributed by atoms with van der Waals surface area (Å²) in [6, 6.07) is 0. The number of methoxy groups -OCH3 is 1. The number of nitrogens with zero attached hydrogens (tertiary/aromatic N) is 1. The summed E-state index contributed by atoms with van der Waals surface area (Å²) >= 11 is 0. The van der Waals surface area contributed by atoms with Gasteiger partial charge in [0.2, 0.25) is 0 Å². The molecule has 0 bridgehead atoms. The topological polar surface area (TPSA) is 29.5 Å². The largest absolute Gasteiger partial charge is 0.385 e. The molecule has 0 aromatic rings. The molecule has 3 nitrogen and oxygen atoms in total. The molecule has 0 saturated heterocycles. The summed E-state index contributed by atoms with van der Waals surface area (Å²) in [6.07, 6.45) is 3.90. The van der Waals surface area contributed by atoms with Crippen LogP contribution in [0, 0.1) is 11.3 Å². The monoisotopic (exact) mass is 241 g/mol. The summed E-state index contributed by atoms with van der Waals surface area (Å²) in [7, 11) is 3.83. The molecule has 0 N–H and O–H groups in total. The molecule has 0 spiro atoms. The van der Waals surface area contributed by atoms with Crippen molar-refractivity contribution < 1.29 is 9.53 Å². The molecule has 1 fully saturated rings. The van der Waals surface area contributed by atoms with Crippen LogP contribution in [0.3, 0.4) is 0 Å². The zero-order chi connectivity index (χ0) is 12.9. The van der Waals surface area contributed by atoms with Gasteiger partial charge in [-0.3, -0.25) is 4.79 Å². The highest BCUT2D eigenvalue weighted by atomic mass is 16.5. The maximum absolute atomic E-state index is 11.9. The van der Waals surface area contributed by atoms with E-state index in [1.54, 1.807) is 7.11 Å². The van der Waals surface area contributed by atoms with Crippen LogP contribution in [0.4, 0.5) is 0 Å². The predicted octanol–water partition coefficient (Wildman–Crippen LogP) is 2.35. The van der Waals surface area contributed by atoms with Crippen LogP contribution in [0.25, 0.3) is 0 Å². The first kappa shape index (κ1) is 14.7. The van der Waals surface area contributed by atoms with E-state index in [2.05, 4.69) is 25.8 Å². The Balaban J connectivity index is 2.35. The minimum Gasteiger partial charge on any atom is -0.385 e. The molecule has 1 saturated carbocycles. The molecule has 3 heteroatoms. The molecule has 17 heavy (non-hydrogen) atoms. The van der Waals surface area contributed by atoms with Gasteiger partial charge in [0.05, 0.1) is 0 Å². The molecule has 0 heterocycles. The summed E-state index contributed by atoms with van der Waals surface area (Å²) in [4.78, 5) is 14.2. The summed E-state index contributed by atoms with van der Waals surface area (Å²) in [5.41, 5.74) is 0.339. The third-order valence-corrected chi connectivity index (χ3v) is 3.72. The van der Waals surface area contributed by atoms with Gasteiger partial charge < -0.3 is 9.64 Å². The lowest BCUT2D eigenvalue weighted by molar-refractivity contribution is -0.127. The Kier molecular flexibility index (Phi) is 5.60. The van der Waals surface area contributed by atoms with Crippen LogP contribution in [0.5, 0.6) is 0 Å². The zero-order valence-electron chi connectivity index (χ0n) is 11.8. The Bertz CT molecular complexity index is 251. The van der Waals surface area contributed by atoms with Crippen molar-refractivity contribution >= 4 is 5.78 Å². The fourth-order valence-corrected chi connectivity index (χ4v) is 2.66. The molecular weight excluding hydrogens is 214 g/mol. The molecule has 100 valence electrons. The molecule has 1 aliphatic carbocycles.